The van der Waals surface area contributed by atoms with Crippen LogP contribution in [0.1, 0.15) is 54.4 Å². The van der Waals surface area contributed by atoms with Crippen LogP contribution in [-0.2, 0) is 6.42 Å². The summed E-state index contributed by atoms with van der Waals surface area (Å²) in [6.07, 6.45) is 5.72. The molecule has 0 radical (unpaired) electrons. The summed E-state index contributed by atoms with van der Waals surface area (Å²) in [7, 11) is 0. The van der Waals surface area contributed by atoms with Gasteiger partial charge in [0.1, 0.15) is 0 Å². The average molecular weight is 443 g/mol. The standard InChI is InChI=1S/C23H31ClN6O/c1-3-18-21(24)28-23(20(27-18)22(25)31)26-16-6-7-19(15(2)14-16)30-12-8-17(9-13-30)29-10-4-5-11-29/h6-7,14,17H,3-5,8-13H2,1-2H3,(H2,25,31)(H,26,28). The minimum absolute atomic E-state index is 0.104. The highest BCUT2D eigenvalue weighted by atomic mass is 35.5. The predicted octanol–water partition coefficient (Wildman–Crippen LogP) is 3.91. The van der Waals surface area contributed by atoms with E-state index in [0.29, 0.717) is 12.1 Å². The number of nitrogens with two attached hydrogens (primary N) is 1. The molecule has 0 saturated carbocycles. The van der Waals surface area contributed by atoms with Crippen LogP contribution in [0.2, 0.25) is 5.15 Å². The highest BCUT2D eigenvalue weighted by molar-refractivity contribution is 6.30. The molecule has 3 heterocycles. The van der Waals surface area contributed by atoms with Crippen LogP contribution >= 0.6 is 11.6 Å². The number of amides is 1. The normalized spacial score (nSPS) is 17.8. The van der Waals surface area contributed by atoms with Gasteiger partial charge in [0.25, 0.3) is 5.91 Å². The van der Waals surface area contributed by atoms with Crippen molar-refractivity contribution in [3.63, 3.8) is 0 Å². The van der Waals surface area contributed by atoms with Crippen LogP contribution in [0.4, 0.5) is 17.2 Å². The molecule has 0 spiro atoms. The molecule has 1 aromatic heterocycles. The Morgan fingerprint density at radius 1 is 1.19 bits per heavy atom. The van der Waals surface area contributed by atoms with Crippen molar-refractivity contribution in [2.24, 2.45) is 5.73 Å². The molecule has 0 unspecified atom stereocenters. The van der Waals surface area contributed by atoms with E-state index in [1.54, 1.807) is 0 Å². The number of hydrogen-bond acceptors (Lipinski definition) is 6. The summed E-state index contributed by atoms with van der Waals surface area (Å²) in [6.45, 7) is 8.72. The molecule has 2 aliphatic heterocycles. The number of carbonyl (C=O) groups excluding carboxylic acids is 1. The second-order valence-electron chi connectivity index (χ2n) is 8.46. The molecular formula is C23H31ClN6O. The van der Waals surface area contributed by atoms with E-state index in [-0.39, 0.29) is 16.7 Å². The van der Waals surface area contributed by atoms with Gasteiger partial charge < -0.3 is 20.9 Å². The molecule has 0 bridgehead atoms. The SMILES string of the molecule is CCc1nc(C(N)=O)c(Nc2ccc(N3CCC(N4CCCC4)CC3)c(C)c2)nc1Cl. The van der Waals surface area contributed by atoms with Crippen LogP contribution in [0.15, 0.2) is 18.2 Å². The van der Waals surface area contributed by atoms with E-state index >= 15 is 0 Å². The molecule has 7 nitrogen and oxygen atoms in total. The zero-order chi connectivity index (χ0) is 22.0. The molecule has 31 heavy (non-hydrogen) atoms. The minimum atomic E-state index is -0.629. The van der Waals surface area contributed by atoms with Crippen LogP contribution < -0.4 is 16.0 Å². The van der Waals surface area contributed by atoms with Crippen molar-refractivity contribution in [2.45, 2.75) is 52.0 Å². The number of piperidine rings is 1. The fraction of sp³-hybridized carbons (Fsp3) is 0.522. The fourth-order valence-electron chi connectivity index (χ4n) is 4.74. The first-order valence-electron chi connectivity index (χ1n) is 11.2. The summed E-state index contributed by atoms with van der Waals surface area (Å²) < 4.78 is 0. The molecular weight excluding hydrogens is 412 g/mol. The third-order valence-corrected chi connectivity index (χ3v) is 6.71. The van der Waals surface area contributed by atoms with Gasteiger partial charge in [0.05, 0.1) is 5.69 Å². The lowest BCUT2D eigenvalue weighted by Crippen LogP contribution is -2.44. The molecule has 4 rings (SSSR count). The molecule has 2 aromatic rings. The van der Waals surface area contributed by atoms with Crippen molar-refractivity contribution in [3.05, 3.63) is 40.3 Å². The van der Waals surface area contributed by atoms with Crippen LogP contribution in [0.25, 0.3) is 0 Å². The number of hydrogen-bond donors (Lipinski definition) is 2. The predicted molar refractivity (Wildman–Crippen MR) is 125 cm³/mol. The van der Waals surface area contributed by atoms with Gasteiger partial charge in [0.2, 0.25) is 0 Å². The second kappa shape index (κ2) is 9.40. The molecule has 2 aliphatic rings. The van der Waals surface area contributed by atoms with Crippen molar-refractivity contribution in [2.75, 3.05) is 36.4 Å². The minimum Gasteiger partial charge on any atom is -0.371 e. The van der Waals surface area contributed by atoms with Gasteiger partial charge in [-0.25, -0.2) is 9.97 Å². The van der Waals surface area contributed by atoms with Gasteiger partial charge in [-0.1, -0.05) is 18.5 Å². The number of rotatable bonds is 6. The van der Waals surface area contributed by atoms with Crippen molar-refractivity contribution in [1.82, 2.24) is 14.9 Å². The van der Waals surface area contributed by atoms with Gasteiger partial charge in [0, 0.05) is 30.5 Å². The summed E-state index contributed by atoms with van der Waals surface area (Å²) in [6, 6.07) is 6.94. The highest BCUT2D eigenvalue weighted by Gasteiger charge is 2.27. The highest BCUT2D eigenvalue weighted by Crippen LogP contribution is 2.30. The van der Waals surface area contributed by atoms with Crippen molar-refractivity contribution in [3.8, 4) is 0 Å². The van der Waals surface area contributed by atoms with E-state index in [1.807, 2.05) is 13.0 Å². The van der Waals surface area contributed by atoms with Crippen molar-refractivity contribution in [1.29, 1.82) is 0 Å². The van der Waals surface area contributed by atoms with Crippen molar-refractivity contribution >= 4 is 34.7 Å². The number of nitrogens with zero attached hydrogens (tertiary/aromatic N) is 4. The molecule has 0 atom stereocenters. The Hall–Kier alpha value is -2.38. The Morgan fingerprint density at radius 3 is 2.52 bits per heavy atom. The number of halogens is 1. The van der Waals surface area contributed by atoms with Gasteiger partial charge in [-0.15, -0.1) is 0 Å². The summed E-state index contributed by atoms with van der Waals surface area (Å²) in [5, 5.41) is 3.46. The first-order valence-corrected chi connectivity index (χ1v) is 11.6. The third-order valence-electron chi connectivity index (χ3n) is 6.41. The lowest BCUT2D eigenvalue weighted by atomic mass is 10.0. The number of benzene rings is 1. The Labute approximate surface area is 189 Å². The lowest BCUT2D eigenvalue weighted by Gasteiger charge is -2.38. The summed E-state index contributed by atoms with van der Waals surface area (Å²) in [5.41, 5.74) is 9.43. The number of anilines is 3. The van der Waals surface area contributed by atoms with E-state index < -0.39 is 5.91 Å². The molecule has 2 fully saturated rings. The zero-order valence-electron chi connectivity index (χ0n) is 18.3. The quantitative estimate of drug-likeness (QED) is 0.705. The van der Waals surface area contributed by atoms with E-state index in [9.17, 15) is 4.79 Å². The number of primary amides is 1. The van der Waals surface area contributed by atoms with Gasteiger partial charge in [-0.2, -0.15) is 0 Å². The Morgan fingerprint density at radius 2 is 1.90 bits per heavy atom. The Balaban J connectivity index is 1.47. The molecule has 0 aliphatic carbocycles. The summed E-state index contributed by atoms with van der Waals surface area (Å²) in [5.74, 6) is -0.344. The van der Waals surface area contributed by atoms with Gasteiger partial charge in [-0.05, 0) is 75.9 Å². The maximum atomic E-state index is 11.9. The number of aromatic nitrogens is 2. The largest absolute Gasteiger partial charge is 0.371 e. The van der Waals surface area contributed by atoms with E-state index in [4.69, 9.17) is 17.3 Å². The molecule has 1 aromatic carbocycles. The number of nitrogens with one attached hydrogen (secondary N) is 1. The van der Waals surface area contributed by atoms with E-state index in [1.165, 1.54) is 50.0 Å². The van der Waals surface area contributed by atoms with Gasteiger partial charge >= 0.3 is 0 Å². The zero-order valence-corrected chi connectivity index (χ0v) is 19.1. The molecule has 8 heteroatoms. The van der Waals surface area contributed by atoms with E-state index in [0.717, 1.165) is 24.8 Å². The van der Waals surface area contributed by atoms with Crippen LogP contribution in [0.5, 0.6) is 0 Å². The van der Waals surface area contributed by atoms with E-state index in [2.05, 4.69) is 44.1 Å². The first-order chi connectivity index (χ1) is 15.0. The molecule has 166 valence electrons. The smallest absolute Gasteiger partial charge is 0.271 e. The van der Waals surface area contributed by atoms with Crippen LogP contribution in [0, 0.1) is 6.92 Å². The number of carbonyl (C=O) groups is 1. The maximum Gasteiger partial charge on any atom is 0.271 e. The number of likely N-dealkylation sites (tertiary alicyclic amines) is 1. The maximum absolute atomic E-state index is 11.9. The van der Waals surface area contributed by atoms with Gasteiger partial charge in [0.15, 0.2) is 16.7 Å². The monoisotopic (exact) mass is 442 g/mol. The van der Waals surface area contributed by atoms with Crippen molar-refractivity contribution < 1.29 is 4.79 Å². The second-order valence-corrected chi connectivity index (χ2v) is 8.82. The van der Waals surface area contributed by atoms with Crippen LogP contribution in [0.3, 0.4) is 0 Å². The third kappa shape index (κ3) is 4.77. The average Bonchev–Trinajstić information content (AvgIpc) is 3.29. The molecule has 3 N–H and O–H groups in total. The molecule has 2 saturated heterocycles. The Bertz CT molecular complexity index is 951. The van der Waals surface area contributed by atoms with Crippen LogP contribution in [-0.4, -0.2) is 53.0 Å². The first kappa shape index (κ1) is 21.8. The summed E-state index contributed by atoms with van der Waals surface area (Å²) in [4.78, 5) is 25.6. The number of aryl methyl sites for hydroxylation is 2. The fourth-order valence-corrected chi connectivity index (χ4v) is 5.00. The summed E-state index contributed by atoms with van der Waals surface area (Å²) >= 11 is 6.21. The lowest BCUT2D eigenvalue weighted by molar-refractivity contribution is 0.0996. The van der Waals surface area contributed by atoms with Gasteiger partial charge in [-0.3, -0.25) is 4.79 Å². The topological polar surface area (TPSA) is 87.4 Å². The molecule has 1 amide bonds. The Kier molecular flexibility index (Phi) is 6.62.